The van der Waals surface area contributed by atoms with Gasteiger partial charge in [0.1, 0.15) is 12.4 Å². The van der Waals surface area contributed by atoms with Gasteiger partial charge in [0.05, 0.1) is 6.04 Å². The van der Waals surface area contributed by atoms with Gasteiger partial charge in [-0.2, -0.15) is 0 Å². The molecule has 0 spiro atoms. The first kappa shape index (κ1) is 26.2. The average molecular weight is 532 g/mol. The van der Waals surface area contributed by atoms with E-state index in [9.17, 15) is 19.5 Å². The van der Waals surface area contributed by atoms with Crippen LogP contribution in [-0.2, 0) is 4.79 Å². The Hall–Kier alpha value is -4.41. The monoisotopic (exact) mass is 531 g/mol. The lowest BCUT2D eigenvalue weighted by Crippen LogP contribution is -2.60. The van der Waals surface area contributed by atoms with Gasteiger partial charge < -0.3 is 31.3 Å². The number of pyridine rings is 2. The molecule has 1 saturated carbocycles. The van der Waals surface area contributed by atoms with E-state index in [1.54, 1.807) is 41.7 Å². The fraction of sp³-hybridized carbons (Fsp3) is 0.393. The molecule has 11 heteroatoms. The summed E-state index contributed by atoms with van der Waals surface area (Å²) in [7, 11) is 0. The first-order valence-corrected chi connectivity index (χ1v) is 13.2. The van der Waals surface area contributed by atoms with E-state index >= 15 is 0 Å². The Labute approximate surface area is 226 Å². The second-order valence-electron chi connectivity index (χ2n) is 10.3. The number of amides is 3. The maximum Gasteiger partial charge on any atom is 0.323 e. The zero-order valence-electron chi connectivity index (χ0n) is 21.6. The van der Waals surface area contributed by atoms with Crippen LogP contribution in [0.4, 0.5) is 16.3 Å². The van der Waals surface area contributed by atoms with Gasteiger partial charge in [0.25, 0.3) is 5.91 Å². The Bertz CT molecular complexity index is 1360. The largest absolute Gasteiger partial charge is 0.480 e. The van der Waals surface area contributed by atoms with E-state index in [0.717, 1.165) is 23.9 Å². The molecule has 2 fully saturated rings. The Morgan fingerprint density at radius 2 is 1.74 bits per heavy atom. The zero-order valence-corrected chi connectivity index (χ0v) is 21.6. The van der Waals surface area contributed by atoms with Crippen molar-refractivity contribution in [1.29, 1.82) is 0 Å². The third kappa shape index (κ3) is 5.57. The molecule has 0 radical (unpaired) electrons. The zero-order chi connectivity index (χ0) is 27.5. The molecular formula is C28H33N7O4. The highest BCUT2D eigenvalue weighted by atomic mass is 16.4. The van der Waals surface area contributed by atoms with Crippen LogP contribution in [-0.4, -0.2) is 81.0 Å². The van der Waals surface area contributed by atoms with E-state index in [-0.39, 0.29) is 30.5 Å². The standard InChI is InChI=1S/C28H33N7O4/c29-26-23-15-20(2-1-18(23)7-12-32-26)27(38)35(17-25(36)37)22-5-3-19(4-6-22)24-16-33(13-14-34(24)28(30)39)21-8-10-31-11-9-21/h1-2,7-12,15,19,22,24H,3-6,13-14,16-17H2,(H2,29,32)(H2,30,39)(H,36,37). The second-order valence-corrected chi connectivity index (χ2v) is 10.3. The van der Waals surface area contributed by atoms with Crippen molar-refractivity contribution in [3.05, 3.63) is 60.6 Å². The third-order valence-corrected chi connectivity index (χ3v) is 8.07. The molecule has 2 aliphatic rings. The number of hydrogen-bond donors (Lipinski definition) is 3. The highest BCUT2D eigenvalue weighted by Gasteiger charge is 2.39. The molecule has 2 aromatic heterocycles. The number of benzene rings is 1. The summed E-state index contributed by atoms with van der Waals surface area (Å²) in [6.45, 7) is 1.49. The Morgan fingerprint density at radius 3 is 2.44 bits per heavy atom. The number of rotatable bonds is 6. The molecule has 39 heavy (non-hydrogen) atoms. The Balaban J connectivity index is 1.32. The molecule has 5 N–H and O–H groups in total. The summed E-state index contributed by atoms with van der Waals surface area (Å²) >= 11 is 0. The summed E-state index contributed by atoms with van der Waals surface area (Å²) in [5, 5.41) is 11.1. The fourth-order valence-electron chi connectivity index (χ4n) is 6.08. The van der Waals surface area contributed by atoms with Gasteiger partial charge in [0.2, 0.25) is 0 Å². The van der Waals surface area contributed by atoms with Crippen molar-refractivity contribution in [1.82, 2.24) is 19.8 Å². The lowest BCUT2D eigenvalue weighted by Gasteiger charge is -2.47. The average Bonchev–Trinajstić information content (AvgIpc) is 2.96. The van der Waals surface area contributed by atoms with Crippen LogP contribution in [0.2, 0.25) is 0 Å². The summed E-state index contributed by atoms with van der Waals surface area (Å²) < 4.78 is 0. The maximum absolute atomic E-state index is 13.6. The van der Waals surface area contributed by atoms with E-state index < -0.39 is 12.0 Å². The number of carbonyl (C=O) groups is 3. The van der Waals surface area contributed by atoms with Crippen molar-refractivity contribution in [3.63, 3.8) is 0 Å². The van der Waals surface area contributed by atoms with Crippen LogP contribution in [0.15, 0.2) is 55.0 Å². The quantitative estimate of drug-likeness (QED) is 0.438. The van der Waals surface area contributed by atoms with E-state index in [1.807, 2.05) is 18.2 Å². The van der Waals surface area contributed by atoms with Gasteiger partial charge in [-0.1, -0.05) is 6.07 Å². The predicted octanol–water partition coefficient (Wildman–Crippen LogP) is 2.57. The molecule has 0 bridgehead atoms. The molecule has 5 rings (SSSR count). The number of aliphatic carboxylic acids is 1. The molecule has 1 atom stereocenters. The number of nitrogen functional groups attached to an aromatic ring is 1. The molecule has 1 unspecified atom stereocenters. The number of carboxylic acid groups (broad SMARTS) is 1. The van der Waals surface area contributed by atoms with Crippen molar-refractivity contribution >= 4 is 40.2 Å². The van der Waals surface area contributed by atoms with Crippen LogP contribution in [0.5, 0.6) is 0 Å². The van der Waals surface area contributed by atoms with Crippen molar-refractivity contribution in [3.8, 4) is 0 Å². The number of carbonyl (C=O) groups excluding carboxylic acids is 2. The van der Waals surface area contributed by atoms with Crippen LogP contribution in [0, 0.1) is 5.92 Å². The van der Waals surface area contributed by atoms with Gasteiger partial charge in [-0.05, 0) is 67.3 Å². The number of piperazine rings is 1. The molecule has 11 nitrogen and oxygen atoms in total. The summed E-state index contributed by atoms with van der Waals surface area (Å²) in [5.74, 6) is -0.898. The topological polar surface area (TPSA) is 159 Å². The number of hydrogen-bond acceptors (Lipinski definition) is 7. The van der Waals surface area contributed by atoms with Gasteiger partial charge in [0.15, 0.2) is 0 Å². The normalized spacial score (nSPS) is 21.5. The lowest BCUT2D eigenvalue weighted by atomic mass is 9.79. The molecule has 1 aliphatic carbocycles. The molecule has 3 aromatic rings. The predicted molar refractivity (Wildman–Crippen MR) is 147 cm³/mol. The van der Waals surface area contributed by atoms with Gasteiger partial charge in [-0.15, -0.1) is 0 Å². The molecule has 204 valence electrons. The number of fused-ring (bicyclic) bond motifs is 1. The van der Waals surface area contributed by atoms with E-state index in [0.29, 0.717) is 49.2 Å². The van der Waals surface area contributed by atoms with E-state index in [2.05, 4.69) is 14.9 Å². The van der Waals surface area contributed by atoms with Gasteiger partial charge in [0, 0.05) is 60.9 Å². The smallest absolute Gasteiger partial charge is 0.323 e. The Kier molecular flexibility index (Phi) is 7.49. The fourth-order valence-corrected chi connectivity index (χ4v) is 6.08. The minimum atomic E-state index is -1.06. The number of urea groups is 1. The summed E-state index contributed by atoms with van der Waals surface area (Å²) in [6, 6.07) is 10.2. The van der Waals surface area contributed by atoms with E-state index in [4.69, 9.17) is 11.5 Å². The van der Waals surface area contributed by atoms with Crippen molar-refractivity contribution in [2.24, 2.45) is 11.7 Å². The third-order valence-electron chi connectivity index (χ3n) is 8.07. The van der Waals surface area contributed by atoms with Crippen molar-refractivity contribution in [2.75, 3.05) is 36.8 Å². The molecule has 1 saturated heterocycles. The highest BCUT2D eigenvalue weighted by Crippen LogP contribution is 2.35. The van der Waals surface area contributed by atoms with Gasteiger partial charge in [-0.3, -0.25) is 14.6 Å². The number of carboxylic acids is 1. The first-order valence-electron chi connectivity index (χ1n) is 13.2. The molecule has 3 amide bonds. The van der Waals surface area contributed by atoms with Crippen LogP contribution in [0.3, 0.4) is 0 Å². The second kappa shape index (κ2) is 11.1. The summed E-state index contributed by atoms with van der Waals surface area (Å²) in [4.78, 5) is 51.3. The number of nitrogens with two attached hydrogens (primary N) is 2. The molecule has 3 heterocycles. The minimum absolute atomic E-state index is 0.0649. The number of anilines is 2. The van der Waals surface area contributed by atoms with Gasteiger partial charge >= 0.3 is 12.0 Å². The highest BCUT2D eigenvalue weighted by molar-refractivity contribution is 6.01. The van der Waals surface area contributed by atoms with Crippen LogP contribution >= 0.6 is 0 Å². The first-order chi connectivity index (χ1) is 18.8. The molecular weight excluding hydrogens is 498 g/mol. The van der Waals surface area contributed by atoms with Crippen molar-refractivity contribution < 1.29 is 19.5 Å². The number of nitrogens with zero attached hydrogens (tertiary/aromatic N) is 5. The minimum Gasteiger partial charge on any atom is -0.480 e. The SMILES string of the molecule is NC(=O)N1CCN(c2ccncc2)CC1C1CCC(N(CC(=O)O)C(=O)c2ccc3ccnc(N)c3c2)CC1. The Morgan fingerprint density at radius 1 is 1.00 bits per heavy atom. The van der Waals surface area contributed by atoms with Crippen LogP contribution in [0.1, 0.15) is 36.0 Å². The molecule has 1 aliphatic heterocycles. The number of primary amides is 1. The van der Waals surface area contributed by atoms with Gasteiger partial charge in [-0.25, -0.2) is 9.78 Å². The summed E-state index contributed by atoms with van der Waals surface area (Å²) in [6.07, 6.45) is 7.90. The summed E-state index contributed by atoms with van der Waals surface area (Å²) in [5.41, 5.74) is 13.2. The van der Waals surface area contributed by atoms with Crippen LogP contribution in [0.25, 0.3) is 10.8 Å². The van der Waals surface area contributed by atoms with Crippen LogP contribution < -0.4 is 16.4 Å². The van der Waals surface area contributed by atoms with Crippen molar-refractivity contribution in [2.45, 2.75) is 37.8 Å². The lowest BCUT2D eigenvalue weighted by molar-refractivity contribution is -0.138. The van der Waals surface area contributed by atoms with E-state index in [1.165, 1.54) is 4.90 Å². The number of aromatic nitrogens is 2. The maximum atomic E-state index is 13.6. The molecule has 1 aromatic carbocycles.